The number of hydrogen-bond acceptors (Lipinski definition) is 7. The number of esters is 3. The highest BCUT2D eigenvalue weighted by Crippen LogP contribution is 2.33. The van der Waals surface area contributed by atoms with Crippen molar-refractivity contribution >= 4 is 29.5 Å². The monoisotopic (exact) mass is 661 g/mol. The normalized spacial score (nSPS) is 11.4. The lowest BCUT2D eigenvalue weighted by atomic mass is 9.77. The van der Waals surface area contributed by atoms with E-state index in [2.05, 4.69) is 5.32 Å². The molecule has 0 aliphatic heterocycles. The Balaban J connectivity index is 1.44. The van der Waals surface area contributed by atoms with Gasteiger partial charge in [0.1, 0.15) is 0 Å². The molecule has 0 aliphatic rings. The predicted molar refractivity (Wildman–Crippen MR) is 172 cm³/mol. The van der Waals surface area contributed by atoms with E-state index in [1.54, 1.807) is 92.7 Å². The zero-order valence-electron chi connectivity index (χ0n) is 26.3. The summed E-state index contributed by atoms with van der Waals surface area (Å²) in [6, 6.07) is 25.9. The predicted octanol–water partition coefficient (Wildman–Crippen LogP) is 7.16. The zero-order chi connectivity index (χ0) is 34.7. The highest BCUT2D eigenvalue weighted by atomic mass is 19.4. The van der Waals surface area contributed by atoms with Crippen molar-refractivity contribution in [2.45, 2.75) is 38.3 Å². The van der Waals surface area contributed by atoms with Gasteiger partial charge in [-0.1, -0.05) is 72.8 Å². The molecular weight excluding hydrogens is 627 g/mol. The van der Waals surface area contributed by atoms with Crippen LogP contribution in [0.1, 0.15) is 47.3 Å². The molecule has 0 aliphatic carbocycles. The minimum Gasteiger partial charge on any atom is -0.465 e. The first-order chi connectivity index (χ1) is 23.0. The average Bonchev–Trinajstić information content (AvgIpc) is 3.07. The Morgan fingerprint density at radius 2 is 1.31 bits per heavy atom. The van der Waals surface area contributed by atoms with E-state index in [-0.39, 0.29) is 38.2 Å². The highest BCUT2D eigenvalue weighted by Gasteiger charge is 2.50. The fourth-order valence-electron chi connectivity index (χ4n) is 5.16. The van der Waals surface area contributed by atoms with Gasteiger partial charge < -0.3 is 19.5 Å². The van der Waals surface area contributed by atoms with Gasteiger partial charge in [-0.15, -0.1) is 0 Å². The topological polar surface area (TPSA) is 108 Å². The van der Waals surface area contributed by atoms with Crippen LogP contribution in [0.2, 0.25) is 0 Å². The van der Waals surface area contributed by atoms with Crippen molar-refractivity contribution in [3.05, 3.63) is 125 Å². The summed E-state index contributed by atoms with van der Waals surface area (Å²) in [7, 11) is 0. The molecule has 1 amide bonds. The molecule has 250 valence electrons. The molecule has 4 aromatic carbocycles. The van der Waals surface area contributed by atoms with E-state index in [4.69, 9.17) is 14.2 Å². The largest absolute Gasteiger partial charge is 0.465 e. The van der Waals surface area contributed by atoms with Gasteiger partial charge in [-0.2, -0.15) is 13.2 Å². The lowest BCUT2D eigenvalue weighted by Gasteiger charge is -2.29. The molecule has 0 radical (unpaired) electrons. The number of anilines is 1. The minimum absolute atomic E-state index is 0.0279. The van der Waals surface area contributed by atoms with Gasteiger partial charge in [0, 0.05) is 17.7 Å². The van der Waals surface area contributed by atoms with E-state index in [0.717, 1.165) is 12.1 Å². The number of ether oxygens (including phenoxy) is 3. The van der Waals surface area contributed by atoms with Crippen LogP contribution in [-0.2, 0) is 46.6 Å². The van der Waals surface area contributed by atoms with Gasteiger partial charge in [-0.3, -0.25) is 19.2 Å². The smallest absolute Gasteiger partial charge is 0.416 e. The van der Waals surface area contributed by atoms with Gasteiger partial charge in [0.15, 0.2) is 5.41 Å². The molecule has 8 nitrogen and oxygen atoms in total. The first kappa shape index (κ1) is 35.4. The van der Waals surface area contributed by atoms with E-state index >= 15 is 0 Å². The van der Waals surface area contributed by atoms with Gasteiger partial charge in [0.2, 0.25) is 0 Å². The van der Waals surface area contributed by atoms with E-state index in [1.165, 1.54) is 12.1 Å². The summed E-state index contributed by atoms with van der Waals surface area (Å²) >= 11 is 0. The number of benzene rings is 4. The Hall–Kier alpha value is -5.45. The number of hydrogen-bond donors (Lipinski definition) is 1. The first-order valence-corrected chi connectivity index (χ1v) is 15.2. The fourth-order valence-corrected chi connectivity index (χ4v) is 5.16. The number of halogens is 3. The molecule has 0 fully saturated rings. The molecule has 0 atom stereocenters. The average molecular weight is 662 g/mol. The lowest BCUT2D eigenvalue weighted by molar-refractivity contribution is -0.167. The number of carbonyl (C=O) groups excluding carboxylic acids is 4. The van der Waals surface area contributed by atoms with E-state index in [0.29, 0.717) is 27.9 Å². The molecule has 0 aromatic heterocycles. The molecule has 0 saturated heterocycles. The van der Waals surface area contributed by atoms with Crippen LogP contribution in [-0.4, -0.2) is 43.6 Å². The molecule has 4 rings (SSSR count). The number of amides is 1. The Bertz CT molecular complexity index is 1720. The first-order valence-electron chi connectivity index (χ1n) is 15.2. The summed E-state index contributed by atoms with van der Waals surface area (Å²) in [5.41, 5.74) is -0.271. The zero-order valence-corrected chi connectivity index (χ0v) is 26.3. The summed E-state index contributed by atoms with van der Waals surface area (Å²) < 4.78 is 55.1. The third-order valence-electron chi connectivity index (χ3n) is 7.48. The molecule has 0 bridgehead atoms. The number of carbonyl (C=O) groups is 4. The van der Waals surface area contributed by atoms with Gasteiger partial charge in [0.05, 0.1) is 31.8 Å². The standard InChI is InChI=1S/C37H34F3NO7/c1-3-46-34(44)36(35(45)47-4-2,27-12-6-5-7-13-27)21-22-48-32(42)24-25-11-10-14-29(23-25)41-33(43)31-16-9-8-15-30(31)26-17-19-28(20-18-26)37(38,39)40/h5-20,23H,3-4,21-22,24H2,1-2H3,(H,41,43). The summed E-state index contributed by atoms with van der Waals surface area (Å²) in [5, 5.41) is 2.77. The maximum absolute atomic E-state index is 13.3. The Morgan fingerprint density at radius 1 is 0.688 bits per heavy atom. The van der Waals surface area contributed by atoms with E-state index < -0.39 is 41.0 Å². The van der Waals surface area contributed by atoms with Crippen LogP contribution in [0.5, 0.6) is 0 Å². The maximum Gasteiger partial charge on any atom is 0.416 e. The molecule has 0 heterocycles. The summed E-state index contributed by atoms with van der Waals surface area (Å²) in [6.45, 7) is 3.00. The van der Waals surface area contributed by atoms with Gasteiger partial charge in [-0.25, -0.2) is 0 Å². The van der Waals surface area contributed by atoms with Crippen molar-refractivity contribution in [1.82, 2.24) is 0 Å². The molecule has 48 heavy (non-hydrogen) atoms. The molecular formula is C37H34F3NO7. The molecule has 0 unspecified atom stereocenters. The van der Waals surface area contributed by atoms with Crippen LogP contribution >= 0.6 is 0 Å². The molecule has 11 heteroatoms. The number of nitrogens with one attached hydrogen (secondary N) is 1. The fraction of sp³-hybridized carbons (Fsp3) is 0.243. The quantitative estimate of drug-likeness (QED) is 0.0920. The molecule has 0 spiro atoms. The molecule has 0 saturated carbocycles. The van der Waals surface area contributed by atoms with Crippen LogP contribution in [0.25, 0.3) is 11.1 Å². The second-order valence-corrected chi connectivity index (χ2v) is 10.6. The van der Waals surface area contributed by atoms with Crippen molar-refractivity contribution in [3.8, 4) is 11.1 Å². The van der Waals surface area contributed by atoms with Gasteiger partial charge in [0.25, 0.3) is 5.91 Å². The summed E-state index contributed by atoms with van der Waals surface area (Å²) in [6.07, 6.45) is -4.87. The van der Waals surface area contributed by atoms with Crippen LogP contribution < -0.4 is 5.32 Å². The molecule has 4 aromatic rings. The lowest BCUT2D eigenvalue weighted by Crippen LogP contribution is -2.47. The third-order valence-corrected chi connectivity index (χ3v) is 7.48. The van der Waals surface area contributed by atoms with Crippen LogP contribution in [0, 0.1) is 0 Å². The minimum atomic E-state index is -4.48. The van der Waals surface area contributed by atoms with Crippen LogP contribution in [0.15, 0.2) is 103 Å². The van der Waals surface area contributed by atoms with Gasteiger partial charge >= 0.3 is 24.1 Å². The van der Waals surface area contributed by atoms with Crippen molar-refractivity contribution in [3.63, 3.8) is 0 Å². The third kappa shape index (κ3) is 8.47. The second kappa shape index (κ2) is 15.9. The van der Waals surface area contributed by atoms with Crippen LogP contribution in [0.4, 0.5) is 18.9 Å². The van der Waals surface area contributed by atoms with Crippen LogP contribution in [0.3, 0.4) is 0 Å². The SMILES string of the molecule is CCOC(=O)C(CCOC(=O)Cc1cccc(NC(=O)c2ccccc2-c2ccc(C(F)(F)F)cc2)c1)(C(=O)OCC)c1ccccc1. The summed E-state index contributed by atoms with van der Waals surface area (Å²) in [5.74, 6) is -2.76. The van der Waals surface area contributed by atoms with Crippen molar-refractivity contribution in [2.24, 2.45) is 0 Å². The Labute approximate surface area is 275 Å². The van der Waals surface area contributed by atoms with Crippen molar-refractivity contribution in [1.29, 1.82) is 0 Å². The number of alkyl halides is 3. The highest BCUT2D eigenvalue weighted by molar-refractivity contribution is 6.09. The van der Waals surface area contributed by atoms with Crippen molar-refractivity contribution < 1.29 is 46.6 Å². The second-order valence-electron chi connectivity index (χ2n) is 10.6. The number of rotatable bonds is 13. The van der Waals surface area contributed by atoms with E-state index in [1.807, 2.05) is 0 Å². The Kier molecular flexibility index (Phi) is 11.7. The van der Waals surface area contributed by atoms with Crippen molar-refractivity contribution in [2.75, 3.05) is 25.1 Å². The molecule has 1 N–H and O–H groups in total. The van der Waals surface area contributed by atoms with Gasteiger partial charge in [-0.05, 0) is 66.4 Å². The Morgan fingerprint density at radius 3 is 1.94 bits per heavy atom. The van der Waals surface area contributed by atoms with E-state index in [9.17, 15) is 32.3 Å². The summed E-state index contributed by atoms with van der Waals surface area (Å²) in [4.78, 5) is 52.5. The maximum atomic E-state index is 13.3.